The first-order valence-corrected chi connectivity index (χ1v) is 9.43. The minimum atomic E-state index is -0.570. The zero-order valence-electron chi connectivity index (χ0n) is 15.1. The second-order valence-electron chi connectivity index (χ2n) is 6.56. The Bertz CT molecular complexity index is 947. The van der Waals surface area contributed by atoms with Crippen molar-refractivity contribution in [2.24, 2.45) is 0 Å². The number of ether oxygens (including phenoxy) is 1. The number of anilines is 1. The number of nitrogens with one attached hydrogen (secondary N) is 2. The van der Waals surface area contributed by atoms with Crippen molar-refractivity contribution >= 4 is 23.5 Å². The van der Waals surface area contributed by atoms with Crippen LogP contribution in [0.2, 0.25) is 5.02 Å². The number of aromatic nitrogens is 3. The molecular formula is C20H20ClN5O2. The number of halogens is 1. The molecule has 0 saturated carbocycles. The first kappa shape index (κ1) is 18.6. The van der Waals surface area contributed by atoms with Crippen molar-refractivity contribution in [2.75, 3.05) is 25.0 Å². The molecule has 0 spiro atoms. The van der Waals surface area contributed by atoms with Crippen LogP contribution in [-0.4, -0.2) is 51.8 Å². The Morgan fingerprint density at radius 1 is 1.21 bits per heavy atom. The van der Waals surface area contributed by atoms with Crippen molar-refractivity contribution in [1.82, 2.24) is 20.1 Å². The minimum Gasteiger partial charge on any atom is -0.366 e. The number of hydrogen-bond donors (Lipinski definition) is 2. The highest BCUT2D eigenvalue weighted by molar-refractivity contribution is 6.33. The highest BCUT2D eigenvalue weighted by Crippen LogP contribution is 2.25. The van der Waals surface area contributed by atoms with Gasteiger partial charge in [0.2, 0.25) is 5.95 Å². The van der Waals surface area contributed by atoms with E-state index in [1.165, 1.54) is 5.56 Å². The molecule has 1 amide bonds. The summed E-state index contributed by atoms with van der Waals surface area (Å²) in [5.74, 6) is 0.433. The van der Waals surface area contributed by atoms with Crippen LogP contribution in [0.5, 0.6) is 0 Å². The monoisotopic (exact) mass is 397 g/mol. The number of nitrogens with zero attached hydrogens (tertiary/aromatic N) is 3. The number of H-pyrrole nitrogens is 1. The van der Waals surface area contributed by atoms with Crippen molar-refractivity contribution in [3.8, 4) is 11.4 Å². The van der Waals surface area contributed by atoms with Gasteiger partial charge in [-0.2, -0.15) is 4.98 Å². The van der Waals surface area contributed by atoms with Crippen LogP contribution in [0.25, 0.3) is 11.4 Å². The molecule has 1 aliphatic rings. The van der Waals surface area contributed by atoms with Crippen LogP contribution in [-0.2, 0) is 16.1 Å². The van der Waals surface area contributed by atoms with Crippen molar-refractivity contribution in [2.45, 2.75) is 12.6 Å². The van der Waals surface area contributed by atoms with E-state index in [1.807, 2.05) is 36.4 Å². The van der Waals surface area contributed by atoms with Gasteiger partial charge in [0.15, 0.2) is 5.82 Å². The highest BCUT2D eigenvalue weighted by atomic mass is 35.5. The molecule has 144 valence electrons. The topological polar surface area (TPSA) is 83.1 Å². The van der Waals surface area contributed by atoms with Gasteiger partial charge in [0.1, 0.15) is 6.10 Å². The maximum atomic E-state index is 12.6. The van der Waals surface area contributed by atoms with E-state index in [1.54, 1.807) is 6.07 Å². The molecule has 7 nitrogen and oxygen atoms in total. The summed E-state index contributed by atoms with van der Waals surface area (Å²) in [6, 6.07) is 17.5. The third-order valence-corrected chi connectivity index (χ3v) is 4.87. The Morgan fingerprint density at radius 3 is 2.82 bits per heavy atom. The number of carbonyl (C=O) groups excluding carboxylic acids is 1. The number of aromatic amines is 1. The van der Waals surface area contributed by atoms with Gasteiger partial charge in [-0.15, -0.1) is 5.10 Å². The van der Waals surface area contributed by atoms with Crippen molar-refractivity contribution < 1.29 is 9.53 Å². The summed E-state index contributed by atoms with van der Waals surface area (Å²) in [7, 11) is 0. The van der Waals surface area contributed by atoms with Gasteiger partial charge < -0.3 is 4.74 Å². The quantitative estimate of drug-likeness (QED) is 0.691. The molecular weight excluding hydrogens is 378 g/mol. The van der Waals surface area contributed by atoms with Crippen molar-refractivity contribution in [3.05, 3.63) is 65.2 Å². The summed E-state index contributed by atoms with van der Waals surface area (Å²) < 4.78 is 5.65. The summed E-state index contributed by atoms with van der Waals surface area (Å²) in [4.78, 5) is 19.1. The number of hydrogen-bond acceptors (Lipinski definition) is 5. The molecule has 4 rings (SSSR count). The third-order valence-electron chi connectivity index (χ3n) is 4.54. The molecule has 1 atom stereocenters. The molecule has 1 aromatic heterocycles. The van der Waals surface area contributed by atoms with Crippen molar-refractivity contribution in [1.29, 1.82) is 0 Å². The Hall–Kier alpha value is -2.74. The molecule has 3 aromatic rings. The molecule has 0 aliphatic carbocycles. The summed E-state index contributed by atoms with van der Waals surface area (Å²) >= 11 is 6.18. The first-order valence-electron chi connectivity index (χ1n) is 9.05. The van der Waals surface area contributed by atoms with Crippen LogP contribution in [0.1, 0.15) is 5.56 Å². The number of rotatable bonds is 5. The first-order chi connectivity index (χ1) is 13.7. The molecule has 8 heteroatoms. The molecule has 1 saturated heterocycles. The predicted molar refractivity (Wildman–Crippen MR) is 107 cm³/mol. The average Bonchev–Trinajstić information content (AvgIpc) is 3.17. The lowest BCUT2D eigenvalue weighted by molar-refractivity contribution is -0.133. The number of benzene rings is 2. The zero-order valence-corrected chi connectivity index (χ0v) is 15.9. The van der Waals surface area contributed by atoms with Crippen LogP contribution in [0, 0.1) is 0 Å². The summed E-state index contributed by atoms with van der Waals surface area (Å²) in [5.41, 5.74) is 1.93. The lowest BCUT2D eigenvalue weighted by Crippen LogP contribution is -2.47. The van der Waals surface area contributed by atoms with E-state index < -0.39 is 6.10 Å². The van der Waals surface area contributed by atoms with E-state index in [2.05, 4.69) is 37.5 Å². The van der Waals surface area contributed by atoms with Crippen LogP contribution >= 0.6 is 11.6 Å². The summed E-state index contributed by atoms with van der Waals surface area (Å²) in [5, 5.41) is 10.1. The Morgan fingerprint density at radius 2 is 2.00 bits per heavy atom. The van der Waals surface area contributed by atoms with E-state index in [4.69, 9.17) is 16.3 Å². The second kappa shape index (κ2) is 8.52. The average molecular weight is 398 g/mol. The molecule has 28 heavy (non-hydrogen) atoms. The third kappa shape index (κ3) is 4.39. The molecule has 2 N–H and O–H groups in total. The van der Waals surface area contributed by atoms with E-state index in [0.717, 1.165) is 18.7 Å². The molecule has 2 heterocycles. The molecule has 1 aliphatic heterocycles. The summed E-state index contributed by atoms with van der Waals surface area (Å²) in [6.07, 6.45) is -0.570. The van der Waals surface area contributed by atoms with Gasteiger partial charge in [-0.05, 0) is 17.7 Å². The maximum absolute atomic E-state index is 12.6. The Labute approximate surface area is 167 Å². The molecule has 1 fully saturated rings. The smallest absolute Gasteiger partial charge is 0.257 e. The molecule has 2 aromatic carbocycles. The number of amides is 1. The van der Waals surface area contributed by atoms with Gasteiger partial charge in [0.25, 0.3) is 5.91 Å². The van der Waals surface area contributed by atoms with E-state index in [9.17, 15) is 4.79 Å². The van der Waals surface area contributed by atoms with Crippen LogP contribution in [0.3, 0.4) is 0 Å². The fourth-order valence-corrected chi connectivity index (χ4v) is 3.35. The molecule has 0 radical (unpaired) electrons. The second-order valence-corrected chi connectivity index (χ2v) is 6.96. The lowest BCUT2D eigenvalue weighted by Gasteiger charge is -2.31. The number of carbonyl (C=O) groups is 1. The molecule has 1 unspecified atom stereocenters. The van der Waals surface area contributed by atoms with Crippen molar-refractivity contribution in [3.63, 3.8) is 0 Å². The van der Waals surface area contributed by atoms with Gasteiger partial charge in [-0.1, -0.05) is 54.1 Å². The lowest BCUT2D eigenvalue weighted by atomic mass is 10.2. The van der Waals surface area contributed by atoms with E-state index in [-0.39, 0.29) is 11.9 Å². The maximum Gasteiger partial charge on any atom is 0.257 e. The van der Waals surface area contributed by atoms with Crippen LogP contribution in [0.4, 0.5) is 5.95 Å². The summed E-state index contributed by atoms with van der Waals surface area (Å²) in [6.45, 7) is 2.59. The van der Waals surface area contributed by atoms with Gasteiger partial charge in [-0.3, -0.25) is 20.1 Å². The largest absolute Gasteiger partial charge is 0.366 e. The highest BCUT2D eigenvalue weighted by Gasteiger charge is 2.27. The zero-order chi connectivity index (χ0) is 19.3. The van der Waals surface area contributed by atoms with Crippen LogP contribution < -0.4 is 5.32 Å². The van der Waals surface area contributed by atoms with Gasteiger partial charge in [0, 0.05) is 25.2 Å². The van der Waals surface area contributed by atoms with Gasteiger partial charge >= 0.3 is 0 Å². The predicted octanol–water partition coefficient (Wildman–Crippen LogP) is 2.96. The molecule has 0 bridgehead atoms. The normalized spacial score (nSPS) is 17.4. The SMILES string of the molecule is O=C(Nc1n[nH]c(-c2ccccc2Cl)n1)C1CN(Cc2ccccc2)CCO1. The fourth-order valence-electron chi connectivity index (χ4n) is 3.13. The Balaban J connectivity index is 1.38. The minimum absolute atomic E-state index is 0.198. The Kier molecular flexibility index (Phi) is 5.66. The fraction of sp³-hybridized carbons (Fsp3) is 0.250. The standard InChI is InChI=1S/C20H20ClN5O2/c21-16-9-5-4-8-15(16)18-22-20(25-24-18)23-19(27)17-13-26(10-11-28-17)12-14-6-2-1-3-7-14/h1-9,17H,10-13H2,(H2,22,23,24,25,27). The van der Waals surface area contributed by atoms with Gasteiger partial charge in [0.05, 0.1) is 11.6 Å². The van der Waals surface area contributed by atoms with E-state index >= 15 is 0 Å². The van der Waals surface area contributed by atoms with E-state index in [0.29, 0.717) is 24.0 Å². The van der Waals surface area contributed by atoms with Gasteiger partial charge in [-0.25, -0.2) is 0 Å². The van der Waals surface area contributed by atoms with Crippen LogP contribution in [0.15, 0.2) is 54.6 Å². The number of morpholine rings is 1.